The summed E-state index contributed by atoms with van der Waals surface area (Å²) in [5.41, 5.74) is 10.3. The summed E-state index contributed by atoms with van der Waals surface area (Å²) in [5.74, 6) is -1.24. The predicted molar refractivity (Wildman–Crippen MR) is 147 cm³/mol. The maximum absolute atomic E-state index is 12.4. The Morgan fingerprint density at radius 2 is 2.03 bits per heavy atom. The van der Waals surface area contributed by atoms with Crippen LogP contribution in [0.4, 0.5) is 5.82 Å². The minimum atomic E-state index is -0.973. The number of anilines is 1. The number of hydrogen-bond donors (Lipinski definition) is 3. The number of nitrogens with one attached hydrogen (secondary N) is 1. The summed E-state index contributed by atoms with van der Waals surface area (Å²) < 4.78 is 2.54. The summed E-state index contributed by atoms with van der Waals surface area (Å²) in [7, 11) is 0. The van der Waals surface area contributed by atoms with Crippen LogP contribution < -0.4 is 11.1 Å². The second-order valence-corrected chi connectivity index (χ2v) is 11.6. The van der Waals surface area contributed by atoms with Crippen molar-refractivity contribution in [2.75, 3.05) is 11.9 Å². The number of aliphatic carboxylic acids is 1. The number of rotatable bonds is 9. The van der Waals surface area contributed by atoms with Crippen LogP contribution in [0.1, 0.15) is 84.4 Å². The fourth-order valence-corrected chi connectivity index (χ4v) is 5.23. The number of fused-ring (bicyclic) bond motifs is 1. The molecule has 0 saturated heterocycles. The van der Waals surface area contributed by atoms with Gasteiger partial charge in [0.2, 0.25) is 0 Å². The van der Waals surface area contributed by atoms with Gasteiger partial charge in [-0.2, -0.15) is 5.10 Å². The predicted octanol–water partition coefficient (Wildman–Crippen LogP) is 5.03. The molecule has 1 aromatic carbocycles. The zero-order valence-corrected chi connectivity index (χ0v) is 23.1. The Labute approximate surface area is 225 Å². The minimum Gasteiger partial charge on any atom is -0.481 e. The smallest absolute Gasteiger partial charge is 0.304 e. The third-order valence-electron chi connectivity index (χ3n) is 6.72. The fourth-order valence-electron chi connectivity index (χ4n) is 4.72. The maximum atomic E-state index is 12.4. The average molecular weight is 569 g/mol. The number of nitrogens with zero attached hydrogens (tertiary/aromatic N) is 3. The number of carboxylic acids is 1. The molecule has 0 radical (unpaired) electrons. The van der Waals surface area contributed by atoms with E-state index in [1.165, 1.54) is 5.56 Å². The van der Waals surface area contributed by atoms with Gasteiger partial charge in [0.15, 0.2) is 0 Å². The third-order valence-corrected chi connectivity index (χ3v) is 7.18. The van der Waals surface area contributed by atoms with E-state index < -0.39 is 17.8 Å². The van der Waals surface area contributed by atoms with Crippen molar-refractivity contribution in [2.45, 2.75) is 70.8 Å². The lowest BCUT2D eigenvalue weighted by atomic mass is 9.82. The summed E-state index contributed by atoms with van der Waals surface area (Å²) in [4.78, 5) is 29.0. The van der Waals surface area contributed by atoms with Crippen LogP contribution >= 0.6 is 15.9 Å². The van der Waals surface area contributed by atoms with E-state index in [0.29, 0.717) is 12.2 Å². The fraction of sp³-hybridized carbons (Fsp3) is 0.429. The van der Waals surface area contributed by atoms with E-state index in [1.807, 2.05) is 18.2 Å². The number of carboxylic acid groups (broad SMARTS) is 1. The molecule has 0 unspecified atom stereocenters. The normalized spacial score (nSPS) is 14.1. The molecule has 0 saturated carbocycles. The van der Waals surface area contributed by atoms with Gasteiger partial charge in [0.1, 0.15) is 5.82 Å². The van der Waals surface area contributed by atoms with Gasteiger partial charge in [-0.05, 0) is 66.0 Å². The lowest BCUT2D eigenvalue weighted by molar-refractivity contribution is -0.137. The molecule has 0 fully saturated rings. The number of benzene rings is 1. The molecular formula is C28H34BrN5O3. The Bertz CT molecular complexity index is 1310. The lowest BCUT2D eigenvalue weighted by Crippen LogP contribution is -2.18. The number of nitrogens with two attached hydrogens (primary N) is 1. The summed E-state index contributed by atoms with van der Waals surface area (Å²) in [6.07, 6.45) is 5.13. The molecule has 0 bridgehead atoms. The van der Waals surface area contributed by atoms with Crippen molar-refractivity contribution in [3.8, 4) is 0 Å². The Kier molecular flexibility index (Phi) is 8.02. The molecule has 1 aliphatic heterocycles. The van der Waals surface area contributed by atoms with E-state index in [4.69, 9.17) is 10.7 Å². The van der Waals surface area contributed by atoms with Crippen LogP contribution in [0.25, 0.3) is 0 Å². The van der Waals surface area contributed by atoms with Gasteiger partial charge < -0.3 is 16.2 Å². The molecule has 3 aromatic rings. The number of amides is 1. The van der Waals surface area contributed by atoms with Gasteiger partial charge in [0.05, 0.1) is 17.7 Å². The average Bonchev–Trinajstić information content (AvgIpc) is 3.25. The summed E-state index contributed by atoms with van der Waals surface area (Å²) in [6.45, 7) is 7.80. The molecule has 1 amide bonds. The Morgan fingerprint density at radius 1 is 1.24 bits per heavy atom. The molecule has 1 atom stereocenters. The molecule has 3 heterocycles. The number of carbonyl (C=O) groups is 2. The third kappa shape index (κ3) is 6.57. The van der Waals surface area contributed by atoms with Gasteiger partial charge in [-0.25, -0.2) is 4.98 Å². The van der Waals surface area contributed by atoms with Crippen molar-refractivity contribution < 1.29 is 14.7 Å². The van der Waals surface area contributed by atoms with Gasteiger partial charge in [0, 0.05) is 35.4 Å². The van der Waals surface area contributed by atoms with Crippen LogP contribution in [0.15, 0.2) is 41.0 Å². The highest BCUT2D eigenvalue weighted by Gasteiger charge is 2.28. The minimum absolute atomic E-state index is 0.140. The molecule has 4 rings (SSSR count). The number of hydrogen-bond acceptors (Lipinski definition) is 5. The molecular weight excluding hydrogens is 534 g/mol. The molecule has 196 valence electrons. The highest BCUT2D eigenvalue weighted by atomic mass is 79.9. The first-order valence-corrected chi connectivity index (χ1v) is 13.4. The first kappa shape index (κ1) is 26.9. The quantitative estimate of drug-likeness (QED) is 0.333. The summed E-state index contributed by atoms with van der Waals surface area (Å²) in [5, 5.41) is 17.8. The van der Waals surface area contributed by atoms with Gasteiger partial charge >= 0.3 is 5.97 Å². The zero-order chi connectivity index (χ0) is 26.7. The Balaban J connectivity index is 1.59. The number of aromatic nitrogens is 3. The van der Waals surface area contributed by atoms with E-state index in [1.54, 1.807) is 10.9 Å². The monoisotopic (exact) mass is 567 g/mol. The summed E-state index contributed by atoms with van der Waals surface area (Å²) >= 11 is 3.57. The Morgan fingerprint density at radius 3 is 2.73 bits per heavy atom. The van der Waals surface area contributed by atoms with Crippen molar-refractivity contribution in [3.63, 3.8) is 0 Å². The van der Waals surface area contributed by atoms with E-state index in [2.05, 4.69) is 59.2 Å². The van der Waals surface area contributed by atoms with Crippen molar-refractivity contribution in [1.29, 1.82) is 0 Å². The van der Waals surface area contributed by atoms with Crippen LogP contribution in [0.5, 0.6) is 0 Å². The molecule has 37 heavy (non-hydrogen) atoms. The first-order chi connectivity index (χ1) is 17.5. The number of carbonyl (C=O) groups excluding carboxylic acids is 1. The zero-order valence-electron chi connectivity index (χ0n) is 21.6. The van der Waals surface area contributed by atoms with Gasteiger partial charge in [-0.15, -0.1) is 0 Å². The van der Waals surface area contributed by atoms with E-state index in [0.717, 1.165) is 59.3 Å². The molecule has 8 nitrogen and oxygen atoms in total. The lowest BCUT2D eigenvalue weighted by Gasteiger charge is -2.23. The van der Waals surface area contributed by atoms with Gasteiger partial charge in [-0.1, -0.05) is 48.8 Å². The van der Waals surface area contributed by atoms with Crippen molar-refractivity contribution in [2.24, 2.45) is 5.73 Å². The van der Waals surface area contributed by atoms with E-state index in [-0.39, 0.29) is 17.4 Å². The highest BCUT2D eigenvalue weighted by molar-refractivity contribution is 9.10. The van der Waals surface area contributed by atoms with Gasteiger partial charge in [-0.3, -0.25) is 14.3 Å². The Hall–Kier alpha value is -3.20. The standard InChI is InChI=1S/C28H34BrN5O3/c1-28(2,3)19-12-18(13-20(29)14-19)22(15-24(35)36)25-23(26(30)37)16-34(33-25)11-5-7-21-9-8-17-6-4-10-31-27(17)32-21/h8-9,12-14,16,22H,4-7,10-11,15H2,1-3H3,(H2,30,37)(H,31,32)(H,35,36)/t22-/m0/s1. The number of aryl methyl sites for hydroxylation is 3. The van der Waals surface area contributed by atoms with Crippen molar-refractivity contribution >= 4 is 33.6 Å². The maximum Gasteiger partial charge on any atom is 0.304 e. The highest BCUT2D eigenvalue weighted by Crippen LogP contribution is 2.35. The number of halogens is 1. The van der Waals surface area contributed by atoms with Crippen LogP contribution in [-0.4, -0.2) is 38.3 Å². The van der Waals surface area contributed by atoms with Crippen LogP contribution in [0, 0.1) is 0 Å². The van der Waals surface area contributed by atoms with Crippen LogP contribution in [0.2, 0.25) is 0 Å². The van der Waals surface area contributed by atoms with Crippen molar-refractivity contribution in [1.82, 2.24) is 14.8 Å². The first-order valence-electron chi connectivity index (χ1n) is 12.6. The number of pyridine rings is 1. The molecule has 1 aliphatic rings. The van der Waals surface area contributed by atoms with E-state index in [9.17, 15) is 14.7 Å². The SMILES string of the molecule is CC(C)(C)c1cc(Br)cc([C@H](CC(=O)O)c2nn(CCCc3ccc4c(n3)NCCC4)cc2C(N)=O)c1. The number of primary amides is 1. The second-order valence-electron chi connectivity index (χ2n) is 10.7. The van der Waals surface area contributed by atoms with Crippen molar-refractivity contribution in [3.05, 3.63) is 74.6 Å². The van der Waals surface area contributed by atoms with E-state index >= 15 is 0 Å². The van der Waals surface area contributed by atoms with Gasteiger partial charge in [0.25, 0.3) is 5.91 Å². The molecule has 2 aromatic heterocycles. The molecule has 9 heteroatoms. The largest absolute Gasteiger partial charge is 0.481 e. The summed E-state index contributed by atoms with van der Waals surface area (Å²) in [6, 6.07) is 10.1. The topological polar surface area (TPSA) is 123 Å². The molecule has 4 N–H and O–H groups in total. The molecule has 0 spiro atoms. The molecule has 0 aliphatic carbocycles. The van der Waals surface area contributed by atoms with Crippen LogP contribution in [-0.2, 0) is 29.6 Å². The van der Waals surface area contributed by atoms with Crippen LogP contribution in [0.3, 0.4) is 0 Å². The second kappa shape index (κ2) is 11.0.